The van der Waals surface area contributed by atoms with Crippen LogP contribution in [-0.4, -0.2) is 0 Å². The third kappa shape index (κ3) is 5.61. The zero-order chi connectivity index (χ0) is 36.9. The maximum atomic E-state index is 2.42. The number of hydrogen-bond donors (Lipinski definition) is 0. The Morgan fingerprint density at radius 3 is 1.44 bits per heavy atom. The second kappa shape index (κ2) is 13.3. The number of rotatable bonds is 6. The van der Waals surface area contributed by atoms with E-state index < -0.39 is 0 Å². The molecule has 0 amide bonds. The smallest absolute Gasteiger partial charge is 0.0146 e. The van der Waals surface area contributed by atoms with Crippen LogP contribution in [0.5, 0.6) is 0 Å². The Hall–Kier alpha value is -6.76. The van der Waals surface area contributed by atoms with Gasteiger partial charge in [-0.1, -0.05) is 208 Å². The average molecular weight is 701 g/mol. The molecule has 0 heterocycles. The van der Waals surface area contributed by atoms with Gasteiger partial charge in [0.25, 0.3) is 0 Å². The standard InChI is InChI=1S/C55H40/c1-55(2,43-20-4-3-5-21-43)44-22-14-19-41(35-44)53-48-25-10-12-27-50(48)54(51-28-13-11-26-49(51)53)52-36-42(34-40-17-7-9-24-47(40)52)37-30-32-39(33-31-37)46-29-15-18-38-16-6-8-23-45(38)46/h3-36H,1-2H3. The molecule has 0 heteroatoms. The molecule has 0 nitrogen and oxygen atoms in total. The van der Waals surface area contributed by atoms with Crippen molar-refractivity contribution in [2.24, 2.45) is 0 Å². The van der Waals surface area contributed by atoms with Gasteiger partial charge in [0.1, 0.15) is 0 Å². The molecule has 0 aliphatic carbocycles. The van der Waals surface area contributed by atoms with Gasteiger partial charge in [0.05, 0.1) is 0 Å². The molecule has 0 N–H and O–H groups in total. The SMILES string of the molecule is CC(C)(c1ccccc1)c1cccc(-c2c3ccccc3c(-c3cc(-c4ccc(-c5cccc6ccccc56)cc4)cc4ccccc34)c3ccccc23)c1. The van der Waals surface area contributed by atoms with Crippen molar-refractivity contribution in [3.05, 3.63) is 217 Å². The fourth-order valence-electron chi connectivity index (χ4n) is 8.82. The van der Waals surface area contributed by atoms with Crippen molar-refractivity contribution in [3.63, 3.8) is 0 Å². The van der Waals surface area contributed by atoms with Crippen LogP contribution in [0.15, 0.2) is 206 Å². The van der Waals surface area contributed by atoms with Gasteiger partial charge in [0.15, 0.2) is 0 Å². The molecular formula is C55H40. The highest BCUT2D eigenvalue weighted by molar-refractivity contribution is 6.24. The molecule has 0 fully saturated rings. The molecule has 0 unspecified atom stereocenters. The van der Waals surface area contributed by atoms with E-state index >= 15 is 0 Å². The molecule has 10 aromatic rings. The fraction of sp³-hybridized carbons (Fsp3) is 0.0545. The van der Waals surface area contributed by atoms with E-state index in [2.05, 4.69) is 220 Å². The molecule has 0 saturated carbocycles. The van der Waals surface area contributed by atoms with Crippen LogP contribution in [0, 0.1) is 0 Å². The molecular weight excluding hydrogens is 661 g/mol. The van der Waals surface area contributed by atoms with Crippen LogP contribution in [0.3, 0.4) is 0 Å². The first-order valence-electron chi connectivity index (χ1n) is 19.3. The quantitative estimate of drug-likeness (QED) is 0.152. The van der Waals surface area contributed by atoms with E-state index in [1.54, 1.807) is 0 Å². The van der Waals surface area contributed by atoms with E-state index in [0.717, 1.165) is 0 Å². The monoisotopic (exact) mass is 700 g/mol. The molecule has 10 rings (SSSR count). The summed E-state index contributed by atoms with van der Waals surface area (Å²) in [4.78, 5) is 0. The lowest BCUT2D eigenvalue weighted by Crippen LogP contribution is -2.18. The molecule has 0 saturated heterocycles. The Labute approximate surface area is 323 Å². The lowest BCUT2D eigenvalue weighted by molar-refractivity contribution is 0.641. The van der Waals surface area contributed by atoms with Gasteiger partial charge in [0.2, 0.25) is 0 Å². The third-order valence-electron chi connectivity index (χ3n) is 11.7. The molecule has 0 aliphatic rings. The zero-order valence-corrected chi connectivity index (χ0v) is 31.1. The van der Waals surface area contributed by atoms with Crippen molar-refractivity contribution in [3.8, 4) is 44.5 Å². The van der Waals surface area contributed by atoms with Gasteiger partial charge >= 0.3 is 0 Å². The van der Waals surface area contributed by atoms with Crippen LogP contribution >= 0.6 is 0 Å². The van der Waals surface area contributed by atoms with Gasteiger partial charge in [-0.2, -0.15) is 0 Å². The Morgan fingerprint density at radius 1 is 0.273 bits per heavy atom. The van der Waals surface area contributed by atoms with Crippen LogP contribution in [0.4, 0.5) is 0 Å². The largest absolute Gasteiger partial charge is 0.0622 e. The summed E-state index contributed by atoms with van der Waals surface area (Å²) in [6, 6.07) is 76.1. The van der Waals surface area contributed by atoms with Crippen LogP contribution in [0.25, 0.3) is 87.6 Å². The molecule has 0 spiro atoms. The molecule has 10 aromatic carbocycles. The van der Waals surface area contributed by atoms with Crippen molar-refractivity contribution in [1.29, 1.82) is 0 Å². The molecule has 0 radical (unpaired) electrons. The van der Waals surface area contributed by atoms with Gasteiger partial charge in [-0.05, 0) is 111 Å². The zero-order valence-electron chi connectivity index (χ0n) is 31.1. The average Bonchev–Trinajstić information content (AvgIpc) is 3.25. The maximum Gasteiger partial charge on any atom is 0.0146 e. The highest BCUT2D eigenvalue weighted by Gasteiger charge is 2.25. The predicted molar refractivity (Wildman–Crippen MR) is 237 cm³/mol. The van der Waals surface area contributed by atoms with Crippen LogP contribution in [0.1, 0.15) is 25.0 Å². The second-order valence-electron chi connectivity index (χ2n) is 15.3. The third-order valence-corrected chi connectivity index (χ3v) is 11.7. The van der Waals surface area contributed by atoms with Gasteiger partial charge in [0, 0.05) is 5.41 Å². The van der Waals surface area contributed by atoms with E-state index in [1.165, 1.54) is 98.7 Å². The summed E-state index contributed by atoms with van der Waals surface area (Å²) in [6.07, 6.45) is 0. The first kappa shape index (κ1) is 32.9. The lowest BCUT2D eigenvalue weighted by atomic mass is 9.77. The minimum atomic E-state index is -0.144. The van der Waals surface area contributed by atoms with Gasteiger partial charge in [-0.25, -0.2) is 0 Å². The molecule has 0 aliphatic heterocycles. The molecule has 55 heavy (non-hydrogen) atoms. The van der Waals surface area contributed by atoms with E-state index in [9.17, 15) is 0 Å². The lowest BCUT2D eigenvalue weighted by Gasteiger charge is -2.27. The fourth-order valence-corrected chi connectivity index (χ4v) is 8.82. The molecule has 0 bridgehead atoms. The van der Waals surface area contributed by atoms with Gasteiger partial charge in [-0.15, -0.1) is 0 Å². The summed E-state index contributed by atoms with van der Waals surface area (Å²) in [5.41, 5.74) is 12.4. The topological polar surface area (TPSA) is 0 Å². The van der Waals surface area contributed by atoms with E-state index in [-0.39, 0.29) is 5.41 Å². The van der Waals surface area contributed by atoms with Crippen molar-refractivity contribution >= 4 is 43.1 Å². The Morgan fingerprint density at radius 2 is 0.764 bits per heavy atom. The van der Waals surface area contributed by atoms with Gasteiger partial charge < -0.3 is 0 Å². The van der Waals surface area contributed by atoms with Crippen molar-refractivity contribution in [1.82, 2.24) is 0 Å². The first-order valence-corrected chi connectivity index (χ1v) is 19.3. The first-order chi connectivity index (χ1) is 27.0. The van der Waals surface area contributed by atoms with E-state index in [4.69, 9.17) is 0 Å². The normalized spacial score (nSPS) is 11.8. The van der Waals surface area contributed by atoms with Crippen molar-refractivity contribution in [2.75, 3.05) is 0 Å². The molecule has 260 valence electrons. The predicted octanol–water partition coefficient (Wildman–Crippen LogP) is 15.3. The number of benzene rings is 10. The van der Waals surface area contributed by atoms with E-state index in [0.29, 0.717) is 0 Å². The van der Waals surface area contributed by atoms with Crippen LogP contribution < -0.4 is 0 Å². The highest BCUT2D eigenvalue weighted by atomic mass is 14.3. The Kier molecular flexibility index (Phi) is 7.93. The summed E-state index contributed by atoms with van der Waals surface area (Å²) < 4.78 is 0. The highest BCUT2D eigenvalue weighted by Crippen LogP contribution is 2.47. The van der Waals surface area contributed by atoms with Crippen molar-refractivity contribution in [2.45, 2.75) is 19.3 Å². The number of fused-ring (bicyclic) bond motifs is 4. The van der Waals surface area contributed by atoms with Crippen molar-refractivity contribution < 1.29 is 0 Å². The van der Waals surface area contributed by atoms with Crippen LogP contribution in [0.2, 0.25) is 0 Å². The molecule has 0 aromatic heterocycles. The summed E-state index contributed by atoms with van der Waals surface area (Å²) in [6.45, 7) is 4.66. The van der Waals surface area contributed by atoms with E-state index in [1.807, 2.05) is 0 Å². The Balaban J connectivity index is 1.17. The second-order valence-corrected chi connectivity index (χ2v) is 15.3. The van der Waals surface area contributed by atoms with Crippen LogP contribution in [-0.2, 0) is 5.41 Å². The maximum absolute atomic E-state index is 2.42. The number of hydrogen-bond acceptors (Lipinski definition) is 0. The Bertz CT molecular complexity index is 2980. The summed E-state index contributed by atoms with van der Waals surface area (Å²) in [7, 11) is 0. The minimum Gasteiger partial charge on any atom is -0.0622 e. The van der Waals surface area contributed by atoms with Gasteiger partial charge in [-0.3, -0.25) is 0 Å². The summed E-state index contributed by atoms with van der Waals surface area (Å²) >= 11 is 0. The summed E-state index contributed by atoms with van der Waals surface area (Å²) in [5.74, 6) is 0. The minimum absolute atomic E-state index is 0.144. The molecule has 0 atom stereocenters. The summed E-state index contributed by atoms with van der Waals surface area (Å²) in [5, 5.41) is 10.1.